The van der Waals surface area contributed by atoms with E-state index in [4.69, 9.17) is 5.73 Å². The molecular formula is C15H14N4O2. The third-order valence-electron chi connectivity index (χ3n) is 2.73. The molecule has 2 rings (SSSR count). The fourth-order valence-corrected chi connectivity index (χ4v) is 1.64. The number of hydrogen-bond acceptors (Lipinski definition) is 4. The van der Waals surface area contributed by atoms with E-state index in [2.05, 4.69) is 27.1 Å². The van der Waals surface area contributed by atoms with Crippen molar-refractivity contribution in [1.82, 2.24) is 9.97 Å². The molecule has 6 heteroatoms. The van der Waals surface area contributed by atoms with Crippen LogP contribution in [-0.4, -0.2) is 22.4 Å². The number of anilines is 1. The molecule has 4 N–H and O–H groups in total. The fraction of sp³-hybridized carbons (Fsp3) is 0.133. The van der Waals surface area contributed by atoms with Crippen LogP contribution in [-0.2, 0) is 0 Å². The molecule has 6 nitrogen and oxygen atoms in total. The van der Waals surface area contributed by atoms with Crippen molar-refractivity contribution in [3.05, 3.63) is 57.8 Å². The first-order valence-electron chi connectivity index (χ1n) is 6.26. The molecule has 1 heterocycles. The Kier molecular flexibility index (Phi) is 4.49. The van der Waals surface area contributed by atoms with Gasteiger partial charge in [0.2, 0.25) is 0 Å². The quantitative estimate of drug-likeness (QED) is 0.704. The molecule has 0 atom stereocenters. The van der Waals surface area contributed by atoms with Crippen molar-refractivity contribution in [3.63, 3.8) is 0 Å². The summed E-state index contributed by atoms with van der Waals surface area (Å²) in [5.41, 5.74) is 7.51. The number of rotatable bonds is 2. The molecule has 0 radical (unpaired) electrons. The highest BCUT2D eigenvalue weighted by Gasteiger charge is 2.08. The van der Waals surface area contributed by atoms with Crippen molar-refractivity contribution in [3.8, 4) is 11.8 Å². The van der Waals surface area contributed by atoms with E-state index in [1.54, 1.807) is 12.1 Å². The summed E-state index contributed by atoms with van der Waals surface area (Å²) in [6.07, 6.45) is 2.32. The Balaban J connectivity index is 2.21. The lowest BCUT2D eigenvalue weighted by Crippen LogP contribution is -2.17. The number of amides is 1. The van der Waals surface area contributed by atoms with Crippen molar-refractivity contribution < 1.29 is 4.79 Å². The summed E-state index contributed by atoms with van der Waals surface area (Å²) in [7, 11) is 0. The minimum absolute atomic E-state index is 0.129. The molecular weight excluding hydrogens is 268 g/mol. The van der Waals surface area contributed by atoms with Crippen molar-refractivity contribution in [2.24, 2.45) is 5.73 Å². The van der Waals surface area contributed by atoms with E-state index >= 15 is 0 Å². The molecule has 0 aliphatic heterocycles. The fourth-order valence-electron chi connectivity index (χ4n) is 1.64. The van der Waals surface area contributed by atoms with Gasteiger partial charge in [0.1, 0.15) is 5.69 Å². The minimum Gasteiger partial charge on any atom is -0.325 e. The van der Waals surface area contributed by atoms with Gasteiger partial charge < -0.3 is 16.0 Å². The van der Waals surface area contributed by atoms with Crippen LogP contribution in [0.25, 0.3) is 0 Å². The number of benzene rings is 1. The van der Waals surface area contributed by atoms with E-state index in [0.717, 1.165) is 17.3 Å². The standard InChI is InChI=1S/C15H14N4O2/c1-10-4-5-12(7-11(10)3-2-6-16)19-15(21)13-8-18-14(20)9-17-13/h4-5,7-9H,6,16H2,1H3,(H,18,20)(H,19,21). The van der Waals surface area contributed by atoms with Gasteiger partial charge in [-0.15, -0.1) is 0 Å². The third-order valence-corrected chi connectivity index (χ3v) is 2.73. The second-order valence-corrected chi connectivity index (χ2v) is 4.29. The Morgan fingerprint density at radius 1 is 1.48 bits per heavy atom. The first-order valence-corrected chi connectivity index (χ1v) is 6.26. The van der Waals surface area contributed by atoms with Gasteiger partial charge in [-0.1, -0.05) is 17.9 Å². The molecule has 0 fully saturated rings. The maximum absolute atomic E-state index is 12.0. The average molecular weight is 282 g/mol. The number of H-pyrrole nitrogens is 1. The maximum atomic E-state index is 12.0. The maximum Gasteiger partial charge on any atom is 0.275 e. The molecule has 0 unspecified atom stereocenters. The highest BCUT2D eigenvalue weighted by Crippen LogP contribution is 2.15. The summed E-state index contributed by atoms with van der Waals surface area (Å²) in [5.74, 6) is 5.31. The topological polar surface area (TPSA) is 101 Å². The lowest BCUT2D eigenvalue weighted by molar-refractivity contribution is 0.102. The van der Waals surface area contributed by atoms with Crippen molar-refractivity contribution in [2.45, 2.75) is 6.92 Å². The van der Waals surface area contributed by atoms with Crippen LogP contribution in [0.5, 0.6) is 0 Å². The summed E-state index contributed by atoms with van der Waals surface area (Å²) in [6.45, 7) is 2.20. The van der Waals surface area contributed by atoms with E-state index in [0.29, 0.717) is 5.69 Å². The second-order valence-electron chi connectivity index (χ2n) is 4.29. The molecule has 0 spiro atoms. The molecule has 21 heavy (non-hydrogen) atoms. The summed E-state index contributed by atoms with van der Waals surface area (Å²) in [5, 5.41) is 2.70. The van der Waals surface area contributed by atoms with Crippen molar-refractivity contribution in [2.75, 3.05) is 11.9 Å². The first kappa shape index (κ1) is 14.5. The van der Waals surface area contributed by atoms with Gasteiger partial charge in [-0.05, 0) is 24.6 Å². The van der Waals surface area contributed by atoms with Crippen LogP contribution in [0.15, 0.2) is 35.4 Å². The number of aromatic nitrogens is 2. The average Bonchev–Trinajstić information content (AvgIpc) is 2.48. The first-order chi connectivity index (χ1) is 10.1. The molecule has 0 saturated heterocycles. The van der Waals surface area contributed by atoms with E-state index in [-0.39, 0.29) is 17.8 Å². The molecule has 0 bridgehead atoms. The molecule has 1 amide bonds. The van der Waals surface area contributed by atoms with Crippen LogP contribution in [0.2, 0.25) is 0 Å². The number of aryl methyl sites for hydroxylation is 1. The van der Waals surface area contributed by atoms with Gasteiger partial charge >= 0.3 is 0 Å². The van der Waals surface area contributed by atoms with E-state index < -0.39 is 5.91 Å². The van der Waals surface area contributed by atoms with Crippen LogP contribution < -0.4 is 16.6 Å². The summed E-state index contributed by atoms with van der Waals surface area (Å²) in [4.78, 5) is 29.1. The summed E-state index contributed by atoms with van der Waals surface area (Å²) < 4.78 is 0. The summed E-state index contributed by atoms with van der Waals surface area (Å²) in [6, 6.07) is 5.39. The van der Waals surface area contributed by atoms with Gasteiger partial charge in [-0.3, -0.25) is 9.59 Å². The highest BCUT2D eigenvalue weighted by molar-refractivity contribution is 6.02. The molecule has 2 aromatic rings. The second kappa shape index (κ2) is 6.50. The van der Waals surface area contributed by atoms with Crippen molar-refractivity contribution >= 4 is 11.6 Å². The lowest BCUT2D eigenvalue weighted by atomic mass is 10.1. The predicted octanol–water partition coefficient (Wildman–Crippen LogP) is 0.641. The van der Waals surface area contributed by atoms with Crippen LogP contribution in [0.1, 0.15) is 21.6 Å². The number of nitrogens with one attached hydrogen (secondary N) is 2. The molecule has 0 aliphatic carbocycles. The number of aromatic amines is 1. The smallest absolute Gasteiger partial charge is 0.275 e. The third kappa shape index (κ3) is 3.78. The van der Waals surface area contributed by atoms with Crippen LogP contribution in [0.4, 0.5) is 5.69 Å². The van der Waals surface area contributed by atoms with Gasteiger partial charge in [-0.25, -0.2) is 4.98 Å². The number of carbonyl (C=O) groups is 1. The minimum atomic E-state index is -0.409. The SMILES string of the molecule is Cc1ccc(NC(=O)c2c[nH]c(=O)cn2)cc1C#CCN. The van der Waals surface area contributed by atoms with Crippen LogP contribution in [0.3, 0.4) is 0 Å². The zero-order valence-electron chi connectivity index (χ0n) is 11.4. The number of carbonyl (C=O) groups excluding carboxylic acids is 1. The van der Waals surface area contributed by atoms with Crippen molar-refractivity contribution in [1.29, 1.82) is 0 Å². The number of nitrogens with two attached hydrogens (primary N) is 1. The summed E-state index contributed by atoms with van der Waals surface area (Å²) >= 11 is 0. The number of hydrogen-bond donors (Lipinski definition) is 3. The Morgan fingerprint density at radius 2 is 2.29 bits per heavy atom. The van der Waals surface area contributed by atoms with Gasteiger partial charge in [0.15, 0.2) is 0 Å². The largest absolute Gasteiger partial charge is 0.325 e. The van der Waals surface area contributed by atoms with Crippen LogP contribution in [0, 0.1) is 18.8 Å². The molecule has 1 aromatic heterocycles. The normalized spacial score (nSPS) is 9.62. The zero-order chi connectivity index (χ0) is 15.2. The Bertz CT molecular complexity index is 764. The van der Waals surface area contributed by atoms with E-state index in [9.17, 15) is 9.59 Å². The zero-order valence-corrected chi connectivity index (χ0v) is 11.4. The molecule has 0 saturated carbocycles. The number of nitrogens with zero attached hydrogens (tertiary/aromatic N) is 1. The monoisotopic (exact) mass is 282 g/mol. The molecule has 1 aromatic carbocycles. The molecule has 106 valence electrons. The van der Waals surface area contributed by atoms with Gasteiger partial charge in [0.25, 0.3) is 11.5 Å². The highest BCUT2D eigenvalue weighted by atomic mass is 16.2. The van der Waals surface area contributed by atoms with Gasteiger partial charge in [0.05, 0.1) is 12.7 Å². The van der Waals surface area contributed by atoms with E-state index in [1.807, 2.05) is 13.0 Å². The molecule has 0 aliphatic rings. The van der Waals surface area contributed by atoms with Gasteiger partial charge in [-0.2, -0.15) is 0 Å². The predicted molar refractivity (Wildman–Crippen MR) is 79.9 cm³/mol. The van der Waals surface area contributed by atoms with Gasteiger partial charge in [0, 0.05) is 17.4 Å². The Morgan fingerprint density at radius 3 is 2.95 bits per heavy atom. The lowest BCUT2D eigenvalue weighted by Gasteiger charge is -2.06. The van der Waals surface area contributed by atoms with Crippen LogP contribution >= 0.6 is 0 Å². The Hall–Kier alpha value is -2.91. The van der Waals surface area contributed by atoms with E-state index in [1.165, 1.54) is 6.20 Å². The Labute approximate surface area is 121 Å².